The number of rotatable bonds is 7. The van der Waals surface area contributed by atoms with E-state index in [0.29, 0.717) is 11.5 Å². The summed E-state index contributed by atoms with van der Waals surface area (Å²) in [5.41, 5.74) is 0.522. The second-order valence-electron chi connectivity index (χ2n) is 6.64. The fraction of sp³-hybridized carbons (Fsp3) is 1.00. The molecule has 1 saturated carbocycles. The molecule has 0 saturated heterocycles. The van der Waals surface area contributed by atoms with Gasteiger partial charge in [-0.3, -0.25) is 0 Å². The molecule has 0 heterocycles. The lowest BCUT2D eigenvalue weighted by molar-refractivity contribution is 0.0683. The highest BCUT2D eigenvalue weighted by molar-refractivity contribution is 4.90. The van der Waals surface area contributed by atoms with Crippen molar-refractivity contribution < 1.29 is 0 Å². The van der Waals surface area contributed by atoms with Crippen LogP contribution in [-0.4, -0.2) is 37.1 Å². The number of nitrogens with zero attached hydrogens (tertiary/aromatic N) is 1. The normalized spacial score (nSPS) is 29.2. The molecule has 0 amide bonds. The summed E-state index contributed by atoms with van der Waals surface area (Å²) in [6.07, 6.45) is 5.67. The van der Waals surface area contributed by atoms with Crippen molar-refractivity contribution in [2.45, 2.75) is 66.3 Å². The first-order valence-electron chi connectivity index (χ1n) is 7.97. The molecule has 108 valence electrons. The van der Waals surface area contributed by atoms with Crippen LogP contribution in [0.15, 0.2) is 0 Å². The Labute approximate surface area is 115 Å². The Morgan fingerprint density at radius 1 is 1.33 bits per heavy atom. The van der Waals surface area contributed by atoms with Crippen molar-refractivity contribution in [3.63, 3.8) is 0 Å². The summed E-state index contributed by atoms with van der Waals surface area (Å²) in [7, 11) is 0. The zero-order valence-electron chi connectivity index (χ0n) is 13.3. The quantitative estimate of drug-likeness (QED) is 0.748. The Hall–Kier alpha value is -0.0800. The molecule has 0 radical (unpaired) electrons. The van der Waals surface area contributed by atoms with Crippen LogP contribution in [0.25, 0.3) is 0 Å². The minimum Gasteiger partial charge on any atom is -0.316 e. The minimum absolute atomic E-state index is 0.522. The predicted octanol–water partition coefficient (Wildman–Crippen LogP) is 3.52. The van der Waals surface area contributed by atoms with Gasteiger partial charge in [0.2, 0.25) is 0 Å². The molecular formula is C16H34N2. The molecule has 0 aromatic rings. The van der Waals surface area contributed by atoms with Crippen molar-refractivity contribution in [3.8, 4) is 0 Å². The maximum absolute atomic E-state index is 3.62. The SMILES string of the molecule is CCNCC1(CN(CC)C(C)C)CCCC(C)C1. The van der Waals surface area contributed by atoms with Gasteiger partial charge in [0.05, 0.1) is 0 Å². The Morgan fingerprint density at radius 3 is 2.56 bits per heavy atom. The zero-order chi connectivity index (χ0) is 13.6. The van der Waals surface area contributed by atoms with Crippen LogP contribution < -0.4 is 5.32 Å². The van der Waals surface area contributed by atoms with Crippen molar-refractivity contribution in [1.29, 1.82) is 0 Å². The van der Waals surface area contributed by atoms with Crippen LogP contribution in [0.3, 0.4) is 0 Å². The van der Waals surface area contributed by atoms with Crippen molar-refractivity contribution in [2.75, 3.05) is 26.2 Å². The molecule has 0 spiro atoms. The topological polar surface area (TPSA) is 15.3 Å². The first kappa shape index (κ1) is 16.0. The monoisotopic (exact) mass is 254 g/mol. The first-order valence-corrected chi connectivity index (χ1v) is 7.97. The van der Waals surface area contributed by atoms with Crippen LogP contribution in [0.2, 0.25) is 0 Å². The van der Waals surface area contributed by atoms with E-state index in [2.05, 4.69) is 44.8 Å². The fourth-order valence-corrected chi connectivity index (χ4v) is 3.61. The van der Waals surface area contributed by atoms with Gasteiger partial charge in [-0.15, -0.1) is 0 Å². The third-order valence-electron chi connectivity index (χ3n) is 4.61. The second kappa shape index (κ2) is 7.49. The molecule has 0 aromatic carbocycles. The van der Waals surface area contributed by atoms with Crippen LogP contribution in [0.5, 0.6) is 0 Å². The average molecular weight is 254 g/mol. The maximum atomic E-state index is 3.62. The van der Waals surface area contributed by atoms with Crippen molar-refractivity contribution in [1.82, 2.24) is 10.2 Å². The fourth-order valence-electron chi connectivity index (χ4n) is 3.61. The molecule has 1 N–H and O–H groups in total. The van der Waals surface area contributed by atoms with Gasteiger partial charge in [0.1, 0.15) is 0 Å². The van der Waals surface area contributed by atoms with Gasteiger partial charge in [0.15, 0.2) is 0 Å². The van der Waals surface area contributed by atoms with Gasteiger partial charge in [-0.25, -0.2) is 0 Å². The lowest BCUT2D eigenvalue weighted by atomic mass is 9.69. The van der Waals surface area contributed by atoms with Gasteiger partial charge in [-0.05, 0) is 51.1 Å². The van der Waals surface area contributed by atoms with Gasteiger partial charge in [-0.2, -0.15) is 0 Å². The number of hydrogen-bond acceptors (Lipinski definition) is 2. The molecular weight excluding hydrogens is 220 g/mol. The van der Waals surface area contributed by atoms with E-state index in [1.165, 1.54) is 45.3 Å². The molecule has 1 aliphatic rings. The third kappa shape index (κ3) is 4.55. The summed E-state index contributed by atoms with van der Waals surface area (Å²) in [6.45, 7) is 16.4. The van der Waals surface area contributed by atoms with Crippen LogP contribution >= 0.6 is 0 Å². The van der Waals surface area contributed by atoms with Crippen molar-refractivity contribution in [2.24, 2.45) is 11.3 Å². The van der Waals surface area contributed by atoms with Crippen LogP contribution in [0.4, 0.5) is 0 Å². The number of hydrogen-bond donors (Lipinski definition) is 1. The van der Waals surface area contributed by atoms with E-state index in [1.807, 2.05) is 0 Å². The first-order chi connectivity index (χ1) is 8.53. The minimum atomic E-state index is 0.522. The van der Waals surface area contributed by atoms with E-state index >= 15 is 0 Å². The Bertz CT molecular complexity index is 227. The van der Waals surface area contributed by atoms with E-state index in [0.717, 1.165) is 12.5 Å². The van der Waals surface area contributed by atoms with E-state index in [4.69, 9.17) is 0 Å². The smallest absolute Gasteiger partial charge is 0.00528 e. The van der Waals surface area contributed by atoms with Gasteiger partial charge >= 0.3 is 0 Å². The zero-order valence-corrected chi connectivity index (χ0v) is 13.3. The lowest BCUT2D eigenvalue weighted by Gasteiger charge is -2.44. The molecule has 2 unspecified atom stereocenters. The molecule has 2 heteroatoms. The largest absolute Gasteiger partial charge is 0.316 e. The Balaban J connectivity index is 2.69. The van der Waals surface area contributed by atoms with Gasteiger partial charge in [0, 0.05) is 19.1 Å². The Kier molecular flexibility index (Phi) is 6.65. The highest BCUT2D eigenvalue weighted by atomic mass is 15.2. The summed E-state index contributed by atoms with van der Waals surface area (Å²) < 4.78 is 0. The summed E-state index contributed by atoms with van der Waals surface area (Å²) >= 11 is 0. The molecule has 0 aromatic heterocycles. The van der Waals surface area contributed by atoms with Crippen LogP contribution in [-0.2, 0) is 0 Å². The summed E-state index contributed by atoms with van der Waals surface area (Å²) in [4.78, 5) is 2.65. The molecule has 0 bridgehead atoms. The Morgan fingerprint density at radius 2 is 2.06 bits per heavy atom. The highest BCUT2D eigenvalue weighted by Crippen LogP contribution is 2.39. The van der Waals surface area contributed by atoms with Crippen LogP contribution in [0, 0.1) is 11.3 Å². The summed E-state index contributed by atoms with van der Waals surface area (Å²) in [5.74, 6) is 0.906. The van der Waals surface area contributed by atoms with Gasteiger partial charge < -0.3 is 10.2 Å². The molecule has 18 heavy (non-hydrogen) atoms. The maximum Gasteiger partial charge on any atom is 0.00528 e. The lowest BCUT2D eigenvalue weighted by Crippen LogP contribution is -2.48. The third-order valence-corrected chi connectivity index (χ3v) is 4.61. The van der Waals surface area contributed by atoms with Crippen LogP contribution in [0.1, 0.15) is 60.3 Å². The van der Waals surface area contributed by atoms with E-state index < -0.39 is 0 Å². The highest BCUT2D eigenvalue weighted by Gasteiger charge is 2.36. The summed E-state index contributed by atoms with van der Waals surface area (Å²) in [5, 5.41) is 3.62. The standard InChI is InChI=1S/C16H34N2/c1-6-17-12-16(10-8-9-15(5)11-16)13-18(7-2)14(3)4/h14-15,17H,6-13H2,1-5H3. The van der Waals surface area contributed by atoms with Gasteiger partial charge in [0.25, 0.3) is 0 Å². The average Bonchev–Trinajstić information content (AvgIpc) is 2.33. The molecule has 0 aliphatic heterocycles. The molecule has 2 nitrogen and oxygen atoms in total. The molecule has 2 atom stereocenters. The second-order valence-corrected chi connectivity index (χ2v) is 6.64. The molecule has 1 aliphatic carbocycles. The number of nitrogens with one attached hydrogen (secondary N) is 1. The summed E-state index contributed by atoms with van der Waals surface area (Å²) in [6, 6.07) is 0.672. The van der Waals surface area contributed by atoms with E-state index in [1.54, 1.807) is 0 Å². The van der Waals surface area contributed by atoms with Crippen molar-refractivity contribution in [3.05, 3.63) is 0 Å². The van der Waals surface area contributed by atoms with E-state index in [9.17, 15) is 0 Å². The molecule has 1 rings (SSSR count). The van der Waals surface area contributed by atoms with E-state index in [-0.39, 0.29) is 0 Å². The predicted molar refractivity (Wildman–Crippen MR) is 81.0 cm³/mol. The molecule has 1 fully saturated rings. The van der Waals surface area contributed by atoms with Crippen molar-refractivity contribution >= 4 is 0 Å². The van der Waals surface area contributed by atoms with Gasteiger partial charge in [-0.1, -0.05) is 33.6 Å².